The van der Waals surface area contributed by atoms with E-state index in [-0.39, 0.29) is 12.4 Å². The predicted molar refractivity (Wildman–Crippen MR) is 83.2 cm³/mol. The van der Waals surface area contributed by atoms with Crippen molar-refractivity contribution in [1.82, 2.24) is 10.2 Å². The number of nitrogens with one attached hydrogen (secondary N) is 1. The van der Waals surface area contributed by atoms with Crippen molar-refractivity contribution in [3.05, 3.63) is 21.9 Å². The molecule has 1 amide bonds. The van der Waals surface area contributed by atoms with E-state index in [9.17, 15) is 4.79 Å². The lowest BCUT2D eigenvalue weighted by atomic mass is 9.97. The number of nitrogens with zero attached hydrogens (tertiary/aromatic N) is 1. The first-order chi connectivity index (χ1) is 8.77. The highest BCUT2D eigenvalue weighted by molar-refractivity contribution is 7.10. The summed E-state index contributed by atoms with van der Waals surface area (Å²) in [6, 6.07) is 2.50. The van der Waals surface area contributed by atoms with Gasteiger partial charge in [0, 0.05) is 17.8 Å². The maximum absolute atomic E-state index is 12.3. The molecule has 1 N–H and O–H groups in total. The molecule has 1 unspecified atom stereocenters. The van der Waals surface area contributed by atoms with Crippen LogP contribution >= 0.6 is 23.7 Å². The van der Waals surface area contributed by atoms with E-state index in [2.05, 4.69) is 28.6 Å². The van der Waals surface area contributed by atoms with E-state index in [0.717, 1.165) is 32.4 Å². The molecule has 2 heterocycles. The van der Waals surface area contributed by atoms with E-state index in [1.807, 2.05) is 18.4 Å². The van der Waals surface area contributed by atoms with Gasteiger partial charge in [-0.2, -0.15) is 0 Å². The summed E-state index contributed by atoms with van der Waals surface area (Å²) in [4.78, 5) is 15.8. The van der Waals surface area contributed by atoms with Crippen molar-refractivity contribution in [2.75, 3.05) is 20.1 Å². The van der Waals surface area contributed by atoms with E-state index < -0.39 is 0 Å². The Balaban J connectivity index is 0.00000180. The Labute approximate surface area is 125 Å². The molecule has 0 radical (unpaired) electrons. The fraction of sp³-hybridized carbons (Fsp3) is 0.643. The Morgan fingerprint density at radius 1 is 1.58 bits per heavy atom. The van der Waals surface area contributed by atoms with Crippen LogP contribution in [0.3, 0.4) is 0 Å². The summed E-state index contributed by atoms with van der Waals surface area (Å²) in [5.41, 5.74) is 1.38. The standard InChI is InChI=1S/C14H22N2OS.ClH/c1-3-12-11-7-10-18-13(11)6-9-16(12)14(17)5-4-8-15-2;/h7,10,12,15H,3-6,8-9H2,1-2H3;1H. The van der Waals surface area contributed by atoms with Crippen molar-refractivity contribution in [1.29, 1.82) is 0 Å². The van der Waals surface area contributed by atoms with Crippen LogP contribution in [0.1, 0.15) is 42.7 Å². The zero-order chi connectivity index (χ0) is 13.0. The summed E-state index contributed by atoms with van der Waals surface area (Å²) in [5.74, 6) is 0.314. The van der Waals surface area contributed by atoms with Crippen LogP contribution in [0.15, 0.2) is 11.4 Å². The van der Waals surface area contributed by atoms with Crippen LogP contribution in [0.25, 0.3) is 0 Å². The third kappa shape index (κ3) is 3.71. The molecule has 1 aromatic rings. The Bertz CT molecular complexity index is 408. The number of carbonyl (C=O) groups is 1. The molecule has 0 aliphatic carbocycles. The molecule has 1 aliphatic heterocycles. The average Bonchev–Trinajstić information content (AvgIpc) is 2.85. The van der Waals surface area contributed by atoms with Crippen LogP contribution in [-0.2, 0) is 11.2 Å². The molecule has 5 heteroatoms. The topological polar surface area (TPSA) is 32.3 Å². The predicted octanol–water partition coefficient (Wildman–Crippen LogP) is 3.01. The molecule has 19 heavy (non-hydrogen) atoms. The molecule has 1 aromatic heterocycles. The van der Waals surface area contributed by atoms with Gasteiger partial charge >= 0.3 is 0 Å². The second-order valence-electron chi connectivity index (χ2n) is 4.77. The monoisotopic (exact) mass is 302 g/mol. The summed E-state index contributed by atoms with van der Waals surface area (Å²) >= 11 is 1.83. The smallest absolute Gasteiger partial charge is 0.223 e. The number of thiophene rings is 1. The van der Waals surface area contributed by atoms with Gasteiger partial charge in [0.1, 0.15) is 0 Å². The number of carbonyl (C=O) groups excluding carboxylic acids is 1. The highest BCUT2D eigenvalue weighted by Gasteiger charge is 2.29. The molecule has 108 valence electrons. The largest absolute Gasteiger partial charge is 0.335 e. The van der Waals surface area contributed by atoms with Crippen LogP contribution in [-0.4, -0.2) is 30.9 Å². The molecule has 1 atom stereocenters. The number of halogens is 1. The van der Waals surface area contributed by atoms with Crippen molar-refractivity contribution in [3.8, 4) is 0 Å². The van der Waals surface area contributed by atoms with Gasteiger partial charge in [0.15, 0.2) is 0 Å². The van der Waals surface area contributed by atoms with E-state index in [4.69, 9.17) is 0 Å². The highest BCUT2D eigenvalue weighted by Crippen LogP contribution is 2.35. The maximum atomic E-state index is 12.3. The Hall–Kier alpha value is -0.580. The van der Waals surface area contributed by atoms with Gasteiger partial charge in [0.05, 0.1) is 6.04 Å². The summed E-state index contributed by atoms with van der Waals surface area (Å²) in [6.07, 6.45) is 3.64. The molecule has 0 saturated carbocycles. The van der Waals surface area contributed by atoms with E-state index >= 15 is 0 Å². The van der Waals surface area contributed by atoms with Crippen molar-refractivity contribution in [2.24, 2.45) is 0 Å². The molecule has 0 spiro atoms. The lowest BCUT2D eigenvalue weighted by Gasteiger charge is -2.35. The van der Waals surface area contributed by atoms with Crippen molar-refractivity contribution >= 4 is 29.7 Å². The van der Waals surface area contributed by atoms with Crippen LogP contribution < -0.4 is 5.32 Å². The second-order valence-corrected chi connectivity index (χ2v) is 5.77. The van der Waals surface area contributed by atoms with E-state index in [0.29, 0.717) is 18.4 Å². The first-order valence-corrected chi connectivity index (χ1v) is 7.66. The second kappa shape index (κ2) is 7.88. The molecule has 3 nitrogen and oxygen atoms in total. The number of amides is 1. The number of rotatable bonds is 5. The van der Waals surface area contributed by atoms with Gasteiger partial charge in [-0.1, -0.05) is 6.92 Å². The Morgan fingerprint density at radius 2 is 2.37 bits per heavy atom. The summed E-state index contributed by atoms with van der Waals surface area (Å²) in [7, 11) is 1.93. The first-order valence-electron chi connectivity index (χ1n) is 6.78. The van der Waals surface area contributed by atoms with Crippen molar-refractivity contribution in [2.45, 2.75) is 38.6 Å². The van der Waals surface area contributed by atoms with Gasteiger partial charge in [0.25, 0.3) is 0 Å². The Kier molecular flexibility index (Phi) is 6.83. The molecule has 1 aliphatic rings. The van der Waals surface area contributed by atoms with Crippen LogP contribution in [0.4, 0.5) is 0 Å². The first kappa shape index (κ1) is 16.5. The molecular formula is C14H23ClN2OS. The zero-order valence-corrected chi connectivity index (χ0v) is 13.3. The molecule has 0 saturated heterocycles. The van der Waals surface area contributed by atoms with Gasteiger partial charge in [-0.3, -0.25) is 4.79 Å². The summed E-state index contributed by atoms with van der Waals surface area (Å²) in [5, 5.41) is 5.25. The molecule has 2 rings (SSSR count). The highest BCUT2D eigenvalue weighted by atomic mass is 35.5. The third-order valence-corrected chi connectivity index (χ3v) is 4.62. The number of hydrogen-bond acceptors (Lipinski definition) is 3. The molecule has 0 fully saturated rings. The van der Waals surface area contributed by atoms with Gasteiger partial charge < -0.3 is 10.2 Å². The molecule has 0 bridgehead atoms. The fourth-order valence-corrected chi connectivity index (χ4v) is 3.62. The molecule has 0 aromatic carbocycles. The SMILES string of the molecule is CCC1c2ccsc2CCN1C(=O)CCCNC.Cl. The summed E-state index contributed by atoms with van der Waals surface area (Å²) < 4.78 is 0. The molecular weight excluding hydrogens is 280 g/mol. The van der Waals surface area contributed by atoms with Crippen LogP contribution in [0.5, 0.6) is 0 Å². The fourth-order valence-electron chi connectivity index (χ4n) is 2.70. The van der Waals surface area contributed by atoms with E-state index in [1.54, 1.807) is 0 Å². The van der Waals surface area contributed by atoms with E-state index in [1.165, 1.54) is 10.4 Å². The number of hydrogen-bond donors (Lipinski definition) is 1. The minimum atomic E-state index is 0. The van der Waals surface area contributed by atoms with Crippen molar-refractivity contribution in [3.63, 3.8) is 0 Å². The average molecular weight is 303 g/mol. The van der Waals surface area contributed by atoms with Gasteiger partial charge in [0.2, 0.25) is 5.91 Å². The lowest BCUT2D eigenvalue weighted by Crippen LogP contribution is -2.39. The summed E-state index contributed by atoms with van der Waals surface area (Å²) in [6.45, 7) is 3.98. The normalized spacial score (nSPS) is 17.8. The number of fused-ring (bicyclic) bond motifs is 1. The van der Waals surface area contributed by atoms with Gasteiger partial charge in [-0.05, 0) is 49.9 Å². The van der Waals surface area contributed by atoms with Crippen LogP contribution in [0, 0.1) is 0 Å². The quantitative estimate of drug-likeness (QED) is 0.848. The lowest BCUT2D eigenvalue weighted by molar-refractivity contribution is -0.134. The van der Waals surface area contributed by atoms with Gasteiger partial charge in [-0.15, -0.1) is 23.7 Å². The maximum Gasteiger partial charge on any atom is 0.223 e. The Morgan fingerprint density at radius 3 is 3.05 bits per heavy atom. The van der Waals surface area contributed by atoms with Crippen molar-refractivity contribution < 1.29 is 4.79 Å². The zero-order valence-electron chi connectivity index (χ0n) is 11.6. The van der Waals surface area contributed by atoms with Crippen LogP contribution in [0.2, 0.25) is 0 Å². The third-order valence-electron chi connectivity index (χ3n) is 3.62. The minimum absolute atomic E-state index is 0. The minimum Gasteiger partial charge on any atom is -0.335 e. The van der Waals surface area contributed by atoms with Gasteiger partial charge in [-0.25, -0.2) is 0 Å².